The second-order valence-electron chi connectivity index (χ2n) is 9.10. The Kier molecular flexibility index (Phi) is 6.21. The quantitative estimate of drug-likeness (QED) is 0.245. The third-order valence-electron chi connectivity index (χ3n) is 6.88. The van der Waals surface area contributed by atoms with Crippen LogP contribution in [-0.4, -0.2) is 11.9 Å². The van der Waals surface area contributed by atoms with Crippen LogP contribution in [0.3, 0.4) is 0 Å². The fourth-order valence-corrected chi connectivity index (χ4v) is 9.93. The van der Waals surface area contributed by atoms with Gasteiger partial charge in [0.05, 0.1) is 0 Å². The maximum absolute atomic E-state index is 13.9. The third kappa shape index (κ3) is 4.29. The van der Waals surface area contributed by atoms with E-state index >= 15 is 0 Å². The molecule has 0 spiro atoms. The Labute approximate surface area is 219 Å². The first kappa shape index (κ1) is 23.4. The van der Waals surface area contributed by atoms with Gasteiger partial charge in [0.1, 0.15) is 0 Å². The van der Waals surface area contributed by atoms with E-state index in [1.54, 1.807) is 12.1 Å². The van der Waals surface area contributed by atoms with Gasteiger partial charge in [-0.05, 0) is 0 Å². The minimum atomic E-state index is -4.41. The first-order valence-corrected chi connectivity index (χ1v) is 15.1. The predicted octanol–water partition coefficient (Wildman–Crippen LogP) is 7.68. The zero-order valence-corrected chi connectivity index (χ0v) is 21.7. The molecule has 0 bridgehead atoms. The average Bonchev–Trinajstić information content (AvgIpc) is 3.68. The summed E-state index contributed by atoms with van der Waals surface area (Å²) in [5, 5.41) is 3.52. The first-order valence-electron chi connectivity index (χ1n) is 12.3. The monoisotopic (exact) mass is 520 g/mol. The summed E-state index contributed by atoms with van der Waals surface area (Å²) in [7, 11) is 0. The zero-order chi connectivity index (χ0) is 25.2. The van der Waals surface area contributed by atoms with Crippen LogP contribution in [0.5, 0.6) is 0 Å². The van der Waals surface area contributed by atoms with Crippen molar-refractivity contribution in [3.63, 3.8) is 0 Å². The standard InChI is InChI=1S/2C11H8O2.2C5H5.Ti/c2*12-11(13)10-7-3-5-8-4-1-2-6-9(8)10;2*1-2-4-5-3-1;/h2*1-7H,(H,12,13);2*1-3H,4H2;/q;;;;+2/p-2. The molecule has 5 heteroatoms. The number of fused-ring (bicyclic) bond motifs is 2. The van der Waals surface area contributed by atoms with Gasteiger partial charge in [0.2, 0.25) is 0 Å². The number of rotatable bonds is 6. The third-order valence-corrected chi connectivity index (χ3v) is 12.2. The van der Waals surface area contributed by atoms with Crippen LogP contribution >= 0.6 is 0 Å². The van der Waals surface area contributed by atoms with Crippen LogP contribution in [0.4, 0.5) is 0 Å². The van der Waals surface area contributed by atoms with Gasteiger partial charge in [-0.25, -0.2) is 0 Å². The van der Waals surface area contributed by atoms with Gasteiger partial charge in [-0.15, -0.1) is 0 Å². The number of benzene rings is 4. The topological polar surface area (TPSA) is 52.6 Å². The molecule has 2 aliphatic carbocycles. The summed E-state index contributed by atoms with van der Waals surface area (Å²) < 4.78 is 14.8. The van der Waals surface area contributed by atoms with Crippen molar-refractivity contribution in [2.24, 2.45) is 0 Å². The molecular formula is C32H24O4Ti. The molecule has 4 aromatic rings. The van der Waals surface area contributed by atoms with Crippen molar-refractivity contribution in [2.75, 3.05) is 0 Å². The van der Waals surface area contributed by atoms with Crippen molar-refractivity contribution in [1.82, 2.24) is 0 Å². The van der Waals surface area contributed by atoms with Crippen LogP contribution in [0.2, 0.25) is 0 Å². The zero-order valence-electron chi connectivity index (χ0n) is 20.1. The molecule has 0 heterocycles. The first-order chi connectivity index (χ1) is 18.2. The second kappa shape index (κ2) is 9.81. The van der Waals surface area contributed by atoms with Crippen molar-refractivity contribution in [3.8, 4) is 0 Å². The molecule has 0 saturated heterocycles. The summed E-state index contributed by atoms with van der Waals surface area (Å²) in [5.41, 5.74) is 0.930. The maximum atomic E-state index is 13.9. The summed E-state index contributed by atoms with van der Waals surface area (Å²) in [5.74, 6) is -0.939. The molecule has 0 radical (unpaired) electrons. The van der Waals surface area contributed by atoms with Crippen molar-refractivity contribution in [2.45, 2.75) is 12.8 Å². The molecule has 4 aromatic carbocycles. The van der Waals surface area contributed by atoms with E-state index < -0.39 is 29.3 Å². The Balaban J connectivity index is 1.45. The molecule has 0 amide bonds. The Bertz CT molecular complexity index is 1540. The van der Waals surface area contributed by atoms with E-state index in [1.807, 2.05) is 109 Å². The SMILES string of the molecule is O=C([O][Ti]([O]C(=O)c1cccc2ccccc12)([C]1=CC=CC1)[C]1=CC=CC1)c1cccc2ccccc12. The minimum absolute atomic E-state index is 0.465. The molecule has 0 unspecified atom stereocenters. The van der Waals surface area contributed by atoms with E-state index in [0.717, 1.165) is 29.3 Å². The molecule has 0 saturated carbocycles. The summed E-state index contributed by atoms with van der Waals surface area (Å²) in [6.45, 7) is 0. The van der Waals surface area contributed by atoms with Gasteiger partial charge in [0.15, 0.2) is 0 Å². The van der Waals surface area contributed by atoms with Crippen LogP contribution in [0, 0.1) is 0 Å². The summed E-state index contributed by atoms with van der Waals surface area (Å²) >= 11 is -4.41. The fourth-order valence-electron chi connectivity index (χ4n) is 5.05. The second-order valence-corrected chi connectivity index (χ2v) is 13.7. The van der Waals surface area contributed by atoms with E-state index in [1.165, 1.54) is 0 Å². The van der Waals surface area contributed by atoms with E-state index in [0.29, 0.717) is 24.0 Å². The van der Waals surface area contributed by atoms with Gasteiger partial charge in [0, 0.05) is 0 Å². The molecule has 180 valence electrons. The summed E-state index contributed by atoms with van der Waals surface area (Å²) in [4.78, 5) is 27.7. The Morgan fingerprint density at radius 3 is 1.43 bits per heavy atom. The van der Waals surface area contributed by atoms with Gasteiger partial charge >= 0.3 is 220 Å². The molecule has 37 heavy (non-hydrogen) atoms. The molecule has 6 rings (SSSR count). The van der Waals surface area contributed by atoms with E-state index in [9.17, 15) is 9.59 Å². The van der Waals surface area contributed by atoms with Crippen LogP contribution in [0.15, 0.2) is 129 Å². The van der Waals surface area contributed by atoms with Crippen molar-refractivity contribution in [1.29, 1.82) is 0 Å². The van der Waals surface area contributed by atoms with Gasteiger partial charge in [0.25, 0.3) is 0 Å². The van der Waals surface area contributed by atoms with E-state index in [-0.39, 0.29) is 0 Å². The Morgan fingerprint density at radius 1 is 0.568 bits per heavy atom. The number of carbonyl (C=O) groups is 2. The average molecular weight is 520 g/mol. The summed E-state index contributed by atoms with van der Waals surface area (Å²) in [6.07, 6.45) is 13.0. The van der Waals surface area contributed by atoms with Crippen molar-refractivity contribution in [3.05, 3.63) is 140 Å². The van der Waals surface area contributed by atoms with Crippen LogP contribution in [0.1, 0.15) is 33.6 Å². The molecule has 0 fully saturated rings. The van der Waals surface area contributed by atoms with Crippen LogP contribution in [0.25, 0.3) is 21.5 Å². The van der Waals surface area contributed by atoms with Gasteiger partial charge < -0.3 is 0 Å². The molecule has 2 aliphatic rings. The predicted molar refractivity (Wildman–Crippen MR) is 142 cm³/mol. The number of hydrogen-bond acceptors (Lipinski definition) is 4. The number of hydrogen-bond donors (Lipinski definition) is 0. The molecule has 0 aromatic heterocycles. The molecule has 4 nitrogen and oxygen atoms in total. The van der Waals surface area contributed by atoms with Gasteiger partial charge in [-0.2, -0.15) is 0 Å². The van der Waals surface area contributed by atoms with Crippen LogP contribution < -0.4 is 0 Å². The summed E-state index contributed by atoms with van der Waals surface area (Å²) in [6, 6.07) is 26.6. The molecule has 0 aliphatic heterocycles. The Hall–Kier alpha value is -3.99. The normalized spacial score (nSPS) is 14.6. The van der Waals surface area contributed by atoms with Crippen molar-refractivity contribution >= 4 is 33.5 Å². The fraction of sp³-hybridized carbons (Fsp3) is 0.0625. The van der Waals surface area contributed by atoms with E-state index in [4.69, 9.17) is 6.64 Å². The number of carbonyl (C=O) groups excluding carboxylic acids is 2. The molecular weight excluding hydrogens is 496 g/mol. The van der Waals surface area contributed by atoms with Crippen molar-refractivity contribution < 1.29 is 33.6 Å². The van der Waals surface area contributed by atoms with Gasteiger partial charge in [-0.3, -0.25) is 0 Å². The van der Waals surface area contributed by atoms with Gasteiger partial charge in [-0.1, -0.05) is 0 Å². The van der Waals surface area contributed by atoms with Crippen LogP contribution in [-0.2, 0) is 24.0 Å². The molecule has 0 N–H and O–H groups in total. The Morgan fingerprint density at radius 2 is 1.00 bits per heavy atom. The molecule has 0 atom stereocenters. The number of allylic oxidation sites excluding steroid dienone is 8. The van der Waals surface area contributed by atoms with E-state index in [2.05, 4.69) is 0 Å².